The molecule has 376 valence electrons. The highest BCUT2D eigenvalue weighted by molar-refractivity contribution is 5.65. The lowest BCUT2D eigenvalue weighted by Crippen LogP contribution is -2.67. The molecule has 8 fully saturated rings. The Morgan fingerprint density at radius 2 is 1.45 bits per heavy atom. The van der Waals surface area contributed by atoms with Gasteiger partial charge in [0.1, 0.15) is 73.8 Å². The zero-order valence-corrected chi connectivity index (χ0v) is 38.8. The van der Waals surface area contributed by atoms with Crippen molar-refractivity contribution in [1.82, 2.24) is 0 Å². The summed E-state index contributed by atoms with van der Waals surface area (Å²) in [5.74, 6) is 0.735. The maximum absolute atomic E-state index is 11.9. The van der Waals surface area contributed by atoms with Crippen LogP contribution in [0.2, 0.25) is 0 Å². The van der Waals surface area contributed by atoms with Gasteiger partial charge in [0.15, 0.2) is 24.7 Å². The first-order valence-corrected chi connectivity index (χ1v) is 24.3. The molecule has 0 aromatic heterocycles. The van der Waals surface area contributed by atoms with E-state index in [4.69, 9.17) is 42.6 Å². The molecule has 0 unspecified atom stereocenters. The van der Waals surface area contributed by atoms with E-state index in [1.165, 1.54) is 13.8 Å². The first kappa shape index (κ1) is 49.5. The topological polar surface area (TPSA) is 282 Å². The van der Waals surface area contributed by atoms with Crippen molar-refractivity contribution < 1.29 is 93.4 Å². The van der Waals surface area contributed by atoms with Gasteiger partial charge in [-0.25, -0.2) is 0 Å². The summed E-state index contributed by atoms with van der Waals surface area (Å²) in [6, 6.07) is 0. The Morgan fingerprint density at radius 1 is 0.758 bits per heavy atom. The van der Waals surface area contributed by atoms with Crippen molar-refractivity contribution in [2.45, 2.75) is 209 Å². The van der Waals surface area contributed by atoms with Gasteiger partial charge in [0.2, 0.25) is 0 Å². The SMILES string of the molecule is CC(=O)OC[C@H]1O[C@@H](O[C@@H]2C[C@H](O)CC3=CC[C@H]4[C@@H]5C[C@@H]6O[C@]7(CC[C@@H](C)CO7)[C@@H](C)[C@@H]6[C@@]5(C)CC[C@@H]4[C@]32C)[C@H](O[C@@H]2O[C@@H](C)[C@H](O)[C@@H](O[C@@H]3O[C@H](CO)[C@@H](O)[C@H](O)[C@H]3O)[C@H]2O)[C@@H](O)[C@H]1O. The summed E-state index contributed by atoms with van der Waals surface area (Å²) in [6.07, 6.45) is -16.8. The van der Waals surface area contributed by atoms with E-state index in [2.05, 4.69) is 33.8 Å². The van der Waals surface area contributed by atoms with Crippen LogP contribution < -0.4 is 0 Å². The van der Waals surface area contributed by atoms with Crippen LogP contribution in [0.15, 0.2) is 11.6 Å². The van der Waals surface area contributed by atoms with Crippen LogP contribution in [0.25, 0.3) is 0 Å². The average molecular weight is 943 g/mol. The molecule has 5 aliphatic heterocycles. The molecule has 27 atom stereocenters. The summed E-state index contributed by atoms with van der Waals surface area (Å²) in [5, 5.41) is 98.7. The monoisotopic (exact) mass is 942 g/mol. The van der Waals surface area contributed by atoms with Crippen molar-refractivity contribution >= 4 is 5.97 Å². The second-order valence-electron chi connectivity index (χ2n) is 21.8. The fourth-order valence-electron chi connectivity index (χ4n) is 14.3. The predicted molar refractivity (Wildman–Crippen MR) is 225 cm³/mol. The van der Waals surface area contributed by atoms with Gasteiger partial charge in [-0.2, -0.15) is 0 Å². The molecule has 1 spiro atoms. The van der Waals surface area contributed by atoms with Crippen molar-refractivity contribution in [2.24, 2.45) is 46.3 Å². The summed E-state index contributed by atoms with van der Waals surface area (Å²) >= 11 is 0. The summed E-state index contributed by atoms with van der Waals surface area (Å²) in [7, 11) is 0. The number of esters is 1. The molecule has 0 radical (unpaired) electrons. The van der Waals surface area contributed by atoms with Crippen LogP contribution in [0.4, 0.5) is 0 Å². The number of allylic oxidation sites excluding steroid dienone is 1. The number of hydrogen-bond acceptors (Lipinski definition) is 19. The molecule has 19 heteroatoms. The molecule has 9 rings (SSSR count). The highest BCUT2D eigenvalue weighted by Crippen LogP contribution is 2.71. The molecule has 19 nitrogen and oxygen atoms in total. The maximum atomic E-state index is 11.9. The molecule has 9 aliphatic rings. The molecule has 0 aromatic carbocycles. The fraction of sp³-hybridized carbons (Fsp3) is 0.936. The van der Waals surface area contributed by atoms with Gasteiger partial charge in [0.05, 0.1) is 37.6 Å². The normalized spacial score (nSPS) is 55.9. The minimum absolute atomic E-state index is 0.0267. The van der Waals surface area contributed by atoms with Gasteiger partial charge < -0.3 is 88.6 Å². The summed E-state index contributed by atoms with van der Waals surface area (Å²) in [5.41, 5.74) is 0.496. The second-order valence-corrected chi connectivity index (χ2v) is 21.8. The van der Waals surface area contributed by atoms with Crippen LogP contribution in [0.1, 0.15) is 92.9 Å². The Balaban J connectivity index is 0.972. The summed E-state index contributed by atoms with van der Waals surface area (Å²) < 4.78 is 55.7. The maximum Gasteiger partial charge on any atom is 0.302 e. The average Bonchev–Trinajstić information content (AvgIpc) is 3.73. The molecular formula is C47H74O19. The minimum atomic E-state index is -1.87. The Morgan fingerprint density at radius 3 is 2.15 bits per heavy atom. The molecule has 5 heterocycles. The smallest absolute Gasteiger partial charge is 0.302 e. The van der Waals surface area contributed by atoms with E-state index in [0.29, 0.717) is 30.8 Å². The van der Waals surface area contributed by atoms with Crippen molar-refractivity contribution in [3.8, 4) is 0 Å². The Kier molecular flexibility index (Phi) is 14.0. The molecule has 0 bridgehead atoms. The van der Waals surface area contributed by atoms with E-state index in [1.807, 2.05) is 0 Å². The van der Waals surface area contributed by atoms with E-state index < -0.39 is 135 Å². The minimum Gasteiger partial charge on any atom is -0.463 e. The number of hydrogen-bond donors (Lipinski definition) is 9. The number of fused-ring (bicyclic) bond motifs is 7. The molecular weight excluding hydrogens is 868 g/mol. The third kappa shape index (κ3) is 8.24. The van der Waals surface area contributed by atoms with Crippen molar-refractivity contribution in [3.05, 3.63) is 11.6 Å². The van der Waals surface area contributed by atoms with Crippen LogP contribution in [0, 0.1) is 46.3 Å². The van der Waals surface area contributed by atoms with E-state index in [-0.39, 0.29) is 35.7 Å². The molecule has 3 saturated carbocycles. The Bertz CT molecular complexity index is 1760. The first-order valence-electron chi connectivity index (χ1n) is 24.3. The Hall–Kier alpha value is -1.47. The van der Waals surface area contributed by atoms with Gasteiger partial charge in [-0.1, -0.05) is 39.3 Å². The molecule has 4 aliphatic carbocycles. The van der Waals surface area contributed by atoms with E-state index >= 15 is 0 Å². The van der Waals surface area contributed by atoms with Crippen LogP contribution >= 0.6 is 0 Å². The highest BCUT2D eigenvalue weighted by atomic mass is 16.8. The van der Waals surface area contributed by atoms with Gasteiger partial charge in [-0.15, -0.1) is 0 Å². The lowest BCUT2D eigenvalue weighted by molar-refractivity contribution is -0.388. The van der Waals surface area contributed by atoms with Crippen LogP contribution in [0.5, 0.6) is 0 Å². The van der Waals surface area contributed by atoms with Crippen LogP contribution in [-0.2, 0) is 47.4 Å². The highest BCUT2D eigenvalue weighted by Gasteiger charge is 2.70. The number of ether oxygens (including phenoxy) is 9. The zero-order valence-electron chi connectivity index (χ0n) is 38.8. The second kappa shape index (κ2) is 18.6. The number of aliphatic hydroxyl groups is 9. The van der Waals surface area contributed by atoms with Crippen molar-refractivity contribution in [3.63, 3.8) is 0 Å². The largest absolute Gasteiger partial charge is 0.463 e. The van der Waals surface area contributed by atoms with Crippen LogP contribution in [-0.4, -0.2) is 188 Å². The fourth-order valence-corrected chi connectivity index (χ4v) is 14.3. The van der Waals surface area contributed by atoms with Gasteiger partial charge in [0.25, 0.3) is 0 Å². The van der Waals surface area contributed by atoms with Crippen molar-refractivity contribution in [2.75, 3.05) is 19.8 Å². The Labute approximate surface area is 385 Å². The molecule has 5 saturated heterocycles. The third-order valence-electron chi connectivity index (χ3n) is 18.0. The molecule has 66 heavy (non-hydrogen) atoms. The van der Waals surface area contributed by atoms with Gasteiger partial charge in [-0.3, -0.25) is 4.79 Å². The third-order valence-corrected chi connectivity index (χ3v) is 18.0. The molecule has 0 aromatic rings. The molecule has 0 amide bonds. The van der Waals surface area contributed by atoms with E-state index in [9.17, 15) is 50.8 Å². The lowest BCUT2D eigenvalue weighted by atomic mass is 9.46. The lowest BCUT2D eigenvalue weighted by Gasteiger charge is -2.60. The van der Waals surface area contributed by atoms with Crippen molar-refractivity contribution in [1.29, 1.82) is 0 Å². The summed E-state index contributed by atoms with van der Waals surface area (Å²) in [4.78, 5) is 11.9. The quantitative estimate of drug-likeness (QED) is 0.107. The van der Waals surface area contributed by atoms with E-state index in [0.717, 1.165) is 44.1 Å². The van der Waals surface area contributed by atoms with Gasteiger partial charge >= 0.3 is 5.97 Å². The number of rotatable bonds is 9. The van der Waals surface area contributed by atoms with E-state index in [1.54, 1.807) is 0 Å². The number of carbonyl (C=O) groups is 1. The van der Waals surface area contributed by atoms with Gasteiger partial charge in [0, 0.05) is 31.1 Å². The first-order chi connectivity index (χ1) is 31.2. The summed E-state index contributed by atoms with van der Waals surface area (Å²) in [6.45, 7) is 11.4. The standard InChI is InChI=1S/C47H74O19/c1-19-9-12-47(59-17-19)20(2)32-28(66-47)15-27-25-8-7-23-13-24(50)14-31(46(23,6)26(25)10-11-45(27,32)5)63-44-41(37(55)35(53)30(62-44)18-58-22(4)49)65-43-39(57)40(33(51)21(3)60-43)64-42-38(56)36(54)34(52)29(16-48)61-42/h7,19-21,24-44,48,50-57H,8-18H2,1-6H3/t19-,20+,21+,24-,25-,26+,27+,28+,29-,30-,31-,32+,33+,34-,35+,36+,37+,38-,39-,40-,41-,42+,43+,44+,45+,46+,47-/m1/s1. The van der Waals surface area contributed by atoms with Gasteiger partial charge in [-0.05, 0) is 80.5 Å². The number of carbonyl (C=O) groups excluding carboxylic acids is 1. The predicted octanol–water partition coefficient (Wildman–Crippen LogP) is -0.244. The number of aliphatic hydroxyl groups excluding tert-OH is 9. The van der Waals surface area contributed by atoms with Crippen LogP contribution in [0.3, 0.4) is 0 Å². The zero-order chi connectivity index (χ0) is 47.4. The molecule has 9 N–H and O–H groups in total.